The standard InChI is InChI=1S/C17H26N2O/c1-3-13-8-7-11-15(12-13)19-16(20)17(2,18)14-9-5-4-6-10-14/h4-6,9-10,13,15H,3,7-8,11-12,18H2,1-2H3,(H,19,20). The fraction of sp³-hybridized carbons (Fsp3) is 0.588. The summed E-state index contributed by atoms with van der Waals surface area (Å²) in [6.45, 7) is 4.02. The molecule has 0 bridgehead atoms. The van der Waals surface area contributed by atoms with Gasteiger partial charge in [0.05, 0.1) is 0 Å². The number of carbonyl (C=O) groups is 1. The van der Waals surface area contributed by atoms with E-state index in [2.05, 4.69) is 12.2 Å². The lowest BCUT2D eigenvalue weighted by Crippen LogP contribution is -2.52. The minimum Gasteiger partial charge on any atom is -0.351 e. The Kier molecular flexibility index (Phi) is 4.81. The van der Waals surface area contributed by atoms with E-state index in [1.807, 2.05) is 30.3 Å². The molecule has 110 valence electrons. The zero-order valence-electron chi connectivity index (χ0n) is 12.6. The molecule has 1 aliphatic rings. The average Bonchev–Trinajstić information content (AvgIpc) is 2.48. The fourth-order valence-electron chi connectivity index (χ4n) is 3.04. The number of hydrogen-bond donors (Lipinski definition) is 2. The van der Waals surface area contributed by atoms with Gasteiger partial charge in [0.1, 0.15) is 5.54 Å². The van der Waals surface area contributed by atoms with Crippen molar-refractivity contribution in [1.82, 2.24) is 5.32 Å². The Morgan fingerprint density at radius 1 is 1.35 bits per heavy atom. The van der Waals surface area contributed by atoms with E-state index in [-0.39, 0.29) is 11.9 Å². The van der Waals surface area contributed by atoms with Gasteiger partial charge in [0.2, 0.25) is 5.91 Å². The second-order valence-corrected chi connectivity index (χ2v) is 6.18. The molecule has 20 heavy (non-hydrogen) atoms. The molecule has 0 aliphatic heterocycles. The van der Waals surface area contributed by atoms with E-state index in [0.717, 1.165) is 24.3 Å². The predicted octanol–water partition coefficient (Wildman–Crippen LogP) is 2.95. The topological polar surface area (TPSA) is 55.1 Å². The maximum atomic E-state index is 12.5. The number of amides is 1. The predicted molar refractivity (Wildman–Crippen MR) is 82.2 cm³/mol. The molecule has 1 amide bonds. The summed E-state index contributed by atoms with van der Waals surface area (Å²) < 4.78 is 0. The molecule has 3 nitrogen and oxygen atoms in total. The van der Waals surface area contributed by atoms with Gasteiger partial charge in [-0.15, -0.1) is 0 Å². The lowest BCUT2D eigenvalue weighted by Gasteiger charge is -2.32. The molecule has 1 saturated carbocycles. The van der Waals surface area contributed by atoms with E-state index < -0.39 is 5.54 Å². The van der Waals surface area contributed by atoms with Crippen molar-refractivity contribution < 1.29 is 4.79 Å². The number of rotatable bonds is 4. The Hall–Kier alpha value is -1.35. The molecule has 0 heterocycles. The van der Waals surface area contributed by atoms with E-state index >= 15 is 0 Å². The molecule has 3 unspecified atom stereocenters. The summed E-state index contributed by atoms with van der Waals surface area (Å²) in [5.41, 5.74) is 6.16. The molecular weight excluding hydrogens is 248 g/mol. The van der Waals surface area contributed by atoms with Crippen LogP contribution in [-0.4, -0.2) is 11.9 Å². The summed E-state index contributed by atoms with van der Waals surface area (Å²) in [4.78, 5) is 12.5. The van der Waals surface area contributed by atoms with Gasteiger partial charge >= 0.3 is 0 Å². The van der Waals surface area contributed by atoms with Crippen LogP contribution < -0.4 is 11.1 Å². The third-order valence-corrected chi connectivity index (χ3v) is 4.54. The monoisotopic (exact) mass is 274 g/mol. The number of benzene rings is 1. The molecule has 3 N–H and O–H groups in total. The summed E-state index contributed by atoms with van der Waals surface area (Å²) >= 11 is 0. The Bertz CT molecular complexity index is 442. The first kappa shape index (κ1) is 15.0. The quantitative estimate of drug-likeness (QED) is 0.887. The molecule has 1 aromatic carbocycles. The van der Waals surface area contributed by atoms with Crippen LogP contribution >= 0.6 is 0 Å². The summed E-state index contributed by atoms with van der Waals surface area (Å²) in [6.07, 6.45) is 5.86. The molecule has 0 spiro atoms. The van der Waals surface area contributed by atoms with Crippen molar-refractivity contribution in [3.8, 4) is 0 Å². The van der Waals surface area contributed by atoms with Crippen LogP contribution in [0.2, 0.25) is 0 Å². The van der Waals surface area contributed by atoms with Gasteiger partial charge in [0.25, 0.3) is 0 Å². The Balaban J connectivity index is 2.00. The van der Waals surface area contributed by atoms with Gasteiger partial charge in [-0.05, 0) is 31.2 Å². The van der Waals surface area contributed by atoms with Gasteiger partial charge in [0.15, 0.2) is 0 Å². The minimum atomic E-state index is -0.958. The van der Waals surface area contributed by atoms with Crippen molar-refractivity contribution in [3.05, 3.63) is 35.9 Å². The number of nitrogens with one attached hydrogen (secondary N) is 1. The Morgan fingerprint density at radius 3 is 2.70 bits per heavy atom. The van der Waals surface area contributed by atoms with Gasteiger partial charge in [-0.25, -0.2) is 0 Å². The largest absolute Gasteiger partial charge is 0.351 e. The third kappa shape index (κ3) is 3.40. The zero-order valence-corrected chi connectivity index (χ0v) is 12.6. The van der Waals surface area contributed by atoms with Crippen LogP contribution in [0.3, 0.4) is 0 Å². The van der Waals surface area contributed by atoms with Crippen LogP contribution in [-0.2, 0) is 10.3 Å². The molecule has 1 fully saturated rings. The first-order valence-electron chi connectivity index (χ1n) is 7.69. The Labute approximate surface area is 121 Å². The third-order valence-electron chi connectivity index (χ3n) is 4.54. The molecule has 0 radical (unpaired) electrons. The van der Waals surface area contributed by atoms with E-state index in [4.69, 9.17) is 5.73 Å². The van der Waals surface area contributed by atoms with Crippen molar-refractivity contribution in [1.29, 1.82) is 0 Å². The minimum absolute atomic E-state index is 0.0644. The summed E-state index contributed by atoms with van der Waals surface area (Å²) in [7, 11) is 0. The van der Waals surface area contributed by atoms with Gasteiger partial charge in [-0.3, -0.25) is 4.79 Å². The molecule has 0 aromatic heterocycles. The molecule has 1 aromatic rings. The molecule has 0 saturated heterocycles. The highest BCUT2D eigenvalue weighted by molar-refractivity contribution is 5.87. The lowest BCUT2D eigenvalue weighted by molar-refractivity contribution is -0.127. The summed E-state index contributed by atoms with van der Waals surface area (Å²) in [5.74, 6) is 0.681. The first-order valence-corrected chi connectivity index (χ1v) is 7.69. The normalized spacial score (nSPS) is 25.8. The van der Waals surface area contributed by atoms with E-state index in [1.54, 1.807) is 6.92 Å². The molecule has 1 aliphatic carbocycles. The van der Waals surface area contributed by atoms with Gasteiger partial charge in [-0.2, -0.15) is 0 Å². The fourth-order valence-corrected chi connectivity index (χ4v) is 3.04. The van der Waals surface area contributed by atoms with E-state index in [1.165, 1.54) is 19.3 Å². The summed E-state index contributed by atoms with van der Waals surface area (Å²) in [5, 5.41) is 3.16. The maximum Gasteiger partial charge on any atom is 0.244 e. The van der Waals surface area contributed by atoms with Gasteiger partial charge in [0, 0.05) is 6.04 Å². The Morgan fingerprint density at radius 2 is 2.05 bits per heavy atom. The molecular formula is C17H26N2O. The highest BCUT2D eigenvalue weighted by atomic mass is 16.2. The SMILES string of the molecule is CCC1CCCC(NC(=O)C(C)(N)c2ccccc2)C1. The van der Waals surface area contributed by atoms with Gasteiger partial charge in [-0.1, -0.05) is 56.5 Å². The van der Waals surface area contributed by atoms with Crippen molar-refractivity contribution in [2.45, 2.75) is 57.5 Å². The van der Waals surface area contributed by atoms with Crippen molar-refractivity contribution in [2.24, 2.45) is 11.7 Å². The molecule has 3 atom stereocenters. The highest BCUT2D eigenvalue weighted by Crippen LogP contribution is 2.27. The number of nitrogens with two attached hydrogens (primary N) is 1. The smallest absolute Gasteiger partial charge is 0.244 e. The lowest BCUT2D eigenvalue weighted by atomic mass is 9.83. The number of hydrogen-bond acceptors (Lipinski definition) is 2. The van der Waals surface area contributed by atoms with Crippen LogP contribution in [0.25, 0.3) is 0 Å². The highest BCUT2D eigenvalue weighted by Gasteiger charge is 2.32. The van der Waals surface area contributed by atoms with Crippen molar-refractivity contribution >= 4 is 5.91 Å². The molecule has 2 rings (SSSR count). The second kappa shape index (κ2) is 6.40. The van der Waals surface area contributed by atoms with Gasteiger partial charge < -0.3 is 11.1 Å². The van der Waals surface area contributed by atoms with Crippen LogP contribution in [0, 0.1) is 5.92 Å². The van der Waals surface area contributed by atoms with Crippen LogP contribution in [0.15, 0.2) is 30.3 Å². The van der Waals surface area contributed by atoms with E-state index in [9.17, 15) is 4.79 Å². The average molecular weight is 274 g/mol. The van der Waals surface area contributed by atoms with Crippen LogP contribution in [0.1, 0.15) is 51.5 Å². The maximum absolute atomic E-state index is 12.5. The van der Waals surface area contributed by atoms with E-state index in [0.29, 0.717) is 0 Å². The molecule has 3 heteroatoms. The second-order valence-electron chi connectivity index (χ2n) is 6.18. The number of carbonyl (C=O) groups excluding carboxylic acids is 1. The zero-order chi connectivity index (χ0) is 14.6. The van der Waals surface area contributed by atoms with Crippen molar-refractivity contribution in [2.75, 3.05) is 0 Å². The summed E-state index contributed by atoms with van der Waals surface area (Å²) in [6, 6.07) is 9.88. The first-order chi connectivity index (χ1) is 9.54. The van der Waals surface area contributed by atoms with Crippen molar-refractivity contribution in [3.63, 3.8) is 0 Å². The van der Waals surface area contributed by atoms with Crippen LogP contribution in [0.5, 0.6) is 0 Å². The van der Waals surface area contributed by atoms with Crippen LogP contribution in [0.4, 0.5) is 0 Å².